The van der Waals surface area contributed by atoms with Gasteiger partial charge in [0.25, 0.3) is 5.91 Å². The van der Waals surface area contributed by atoms with Crippen molar-refractivity contribution in [2.75, 3.05) is 6.54 Å². The highest BCUT2D eigenvalue weighted by Gasteiger charge is 2.22. The summed E-state index contributed by atoms with van der Waals surface area (Å²) in [6.07, 6.45) is 4.51. The minimum Gasteiger partial charge on any atom is -0.344 e. The van der Waals surface area contributed by atoms with Crippen LogP contribution in [0.3, 0.4) is 0 Å². The molecule has 1 amide bonds. The molecule has 0 saturated heterocycles. The fraction of sp³-hybridized carbons (Fsp3) is 0.278. The molecule has 0 spiro atoms. The van der Waals surface area contributed by atoms with Gasteiger partial charge in [-0.05, 0) is 30.7 Å². The van der Waals surface area contributed by atoms with Gasteiger partial charge in [-0.2, -0.15) is 10.2 Å². The van der Waals surface area contributed by atoms with Crippen LogP contribution < -0.4 is 10.6 Å². The van der Waals surface area contributed by atoms with Gasteiger partial charge in [0, 0.05) is 43.2 Å². The van der Waals surface area contributed by atoms with Gasteiger partial charge in [-0.3, -0.25) is 9.89 Å². The summed E-state index contributed by atoms with van der Waals surface area (Å²) in [4.78, 5) is 12.6. The molecule has 1 aliphatic rings. The van der Waals surface area contributed by atoms with E-state index in [9.17, 15) is 4.79 Å². The average Bonchev–Trinajstić information content (AvgIpc) is 3.31. The highest BCUT2D eigenvalue weighted by Crippen LogP contribution is 2.19. The zero-order chi connectivity index (χ0) is 17.2. The Morgan fingerprint density at radius 2 is 2.28 bits per heavy atom. The van der Waals surface area contributed by atoms with Gasteiger partial charge in [0.15, 0.2) is 5.69 Å². The largest absolute Gasteiger partial charge is 0.344 e. The molecule has 7 nitrogen and oxygen atoms in total. The lowest BCUT2D eigenvalue weighted by Crippen LogP contribution is -2.30. The van der Waals surface area contributed by atoms with Crippen molar-refractivity contribution in [2.24, 2.45) is 0 Å². The molecule has 0 bridgehead atoms. The van der Waals surface area contributed by atoms with Crippen molar-refractivity contribution in [3.05, 3.63) is 65.2 Å². The molecule has 3 N–H and O–H groups in total. The Morgan fingerprint density at radius 1 is 1.36 bits per heavy atom. The van der Waals surface area contributed by atoms with Crippen LogP contribution in [0.2, 0.25) is 0 Å². The third kappa shape index (κ3) is 3.06. The van der Waals surface area contributed by atoms with E-state index in [4.69, 9.17) is 0 Å². The Hall–Kier alpha value is -2.93. The lowest BCUT2D eigenvalue weighted by atomic mass is 10.1. The maximum absolute atomic E-state index is 12.6. The molecule has 0 fully saturated rings. The van der Waals surface area contributed by atoms with E-state index in [1.54, 1.807) is 10.9 Å². The Bertz CT molecular complexity index is 883. The van der Waals surface area contributed by atoms with Crippen molar-refractivity contribution >= 4 is 5.91 Å². The van der Waals surface area contributed by atoms with Gasteiger partial charge in [-0.15, -0.1) is 0 Å². The minimum absolute atomic E-state index is 0.132. The predicted molar refractivity (Wildman–Crippen MR) is 93.4 cm³/mol. The second-order valence-corrected chi connectivity index (χ2v) is 6.20. The molecule has 1 unspecified atom stereocenters. The van der Waals surface area contributed by atoms with Crippen LogP contribution in [0.25, 0.3) is 5.69 Å². The molecular formula is C18H20N6O. The van der Waals surface area contributed by atoms with Gasteiger partial charge in [0.1, 0.15) is 0 Å². The first kappa shape index (κ1) is 15.6. The third-order valence-corrected chi connectivity index (χ3v) is 4.51. The number of hydrogen-bond acceptors (Lipinski definition) is 4. The highest BCUT2D eigenvalue weighted by atomic mass is 16.2. The number of amides is 1. The lowest BCUT2D eigenvalue weighted by molar-refractivity contribution is 0.0933. The molecule has 1 atom stereocenters. The Kier molecular flexibility index (Phi) is 4.07. The number of aromatic nitrogens is 4. The van der Waals surface area contributed by atoms with Crippen molar-refractivity contribution in [3.8, 4) is 5.69 Å². The quantitative estimate of drug-likeness (QED) is 0.677. The van der Waals surface area contributed by atoms with Crippen molar-refractivity contribution in [2.45, 2.75) is 25.9 Å². The van der Waals surface area contributed by atoms with Crippen LogP contribution in [0.4, 0.5) is 0 Å². The van der Waals surface area contributed by atoms with E-state index in [1.807, 2.05) is 43.5 Å². The zero-order valence-electron chi connectivity index (χ0n) is 14.0. The zero-order valence-corrected chi connectivity index (χ0v) is 14.0. The Labute approximate surface area is 145 Å². The van der Waals surface area contributed by atoms with E-state index >= 15 is 0 Å². The summed E-state index contributed by atoms with van der Waals surface area (Å²) >= 11 is 0. The normalized spacial score (nSPS) is 14.8. The fourth-order valence-corrected chi connectivity index (χ4v) is 3.12. The molecule has 25 heavy (non-hydrogen) atoms. The number of hydrogen-bond donors (Lipinski definition) is 3. The summed E-state index contributed by atoms with van der Waals surface area (Å²) in [5.74, 6) is -0.154. The van der Waals surface area contributed by atoms with E-state index in [0.717, 1.165) is 35.5 Å². The molecule has 1 aliphatic heterocycles. The first-order chi connectivity index (χ1) is 12.2. The molecule has 0 radical (unpaired) electrons. The SMILES string of the molecule is CC(NC(=O)c1n[nH]c2c1CNCC2)c1cccc(-n2cccn2)c1. The molecule has 128 valence electrons. The van der Waals surface area contributed by atoms with Crippen LogP contribution >= 0.6 is 0 Å². The minimum atomic E-state index is -0.154. The van der Waals surface area contributed by atoms with Crippen molar-refractivity contribution < 1.29 is 4.79 Å². The molecule has 3 aromatic rings. The predicted octanol–water partition coefficient (Wildman–Crippen LogP) is 1.73. The summed E-state index contributed by atoms with van der Waals surface area (Å²) in [5, 5.41) is 17.8. The third-order valence-electron chi connectivity index (χ3n) is 4.51. The number of rotatable bonds is 4. The molecule has 7 heteroatoms. The number of fused-ring (bicyclic) bond motifs is 1. The monoisotopic (exact) mass is 336 g/mol. The van der Waals surface area contributed by atoms with Crippen molar-refractivity contribution in [1.29, 1.82) is 0 Å². The lowest BCUT2D eigenvalue weighted by Gasteiger charge is -2.16. The first-order valence-electron chi connectivity index (χ1n) is 8.40. The van der Waals surface area contributed by atoms with Crippen LogP contribution in [0, 0.1) is 0 Å². The number of carbonyl (C=O) groups is 1. The van der Waals surface area contributed by atoms with E-state index in [2.05, 4.69) is 25.9 Å². The second kappa shape index (κ2) is 6.52. The van der Waals surface area contributed by atoms with Gasteiger partial charge in [-0.25, -0.2) is 4.68 Å². The van der Waals surface area contributed by atoms with Crippen LogP contribution in [0.15, 0.2) is 42.7 Å². The molecule has 1 aromatic carbocycles. The molecule has 4 rings (SSSR count). The second-order valence-electron chi connectivity index (χ2n) is 6.20. The maximum Gasteiger partial charge on any atom is 0.272 e. The molecule has 0 saturated carbocycles. The average molecular weight is 336 g/mol. The fourth-order valence-electron chi connectivity index (χ4n) is 3.12. The number of nitrogens with one attached hydrogen (secondary N) is 3. The van der Waals surface area contributed by atoms with Crippen LogP contribution in [-0.4, -0.2) is 32.4 Å². The van der Waals surface area contributed by atoms with Gasteiger partial charge >= 0.3 is 0 Å². The molecule has 3 heterocycles. The number of benzene rings is 1. The smallest absolute Gasteiger partial charge is 0.272 e. The number of nitrogens with zero attached hydrogens (tertiary/aromatic N) is 3. The van der Waals surface area contributed by atoms with Gasteiger partial charge in [-0.1, -0.05) is 12.1 Å². The van der Waals surface area contributed by atoms with E-state index in [-0.39, 0.29) is 11.9 Å². The van der Waals surface area contributed by atoms with Crippen molar-refractivity contribution in [3.63, 3.8) is 0 Å². The molecular weight excluding hydrogens is 316 g/mol. The van der Waals surface area contributed by atoms with Gasteiger partial charge < -0.3 is 10.6 Å². The number of aromatic amines is 1. The summed E-state index contributed by atoms with van der Waals surface area (Å²) < 4.78 is 1.80. The highest BCUT2D eigenvalue weighted by molar-refractivity contribution is 5.94. The summed E-state index contributed by atoms with van der Waals surface area (Å²) in [7, 11) is 0. The number of H-pyrrole nitrogens is 1. The molecule has 2 aromatic heterocycles. The summed E-state index contributed by atoms with van der Waals surface area (Å²) in [5.41, 5.74) is 4.49. The topological polar surface area (TPSA) is 87.6 Å². The van der Waals surface area contributed by atoms with E-state index in [0.29, 0.717) is 12.2 Å². The van der Waals surface area contributed by atoms with Gasteiger partial charge in [0.2, 0.25) is 0 Å². The van der Waals surface area contributed by atoms with Crippen LogP contribution in [0.1, 0.15) is 40.3 Å². The Balaban J connectivity index is 1.52. The van der Waals surface area contributed by atoms with Crippen LogP contribution in [-0.2, 0) is 13.0 Å². The summed E-state index contributed by atoms with van der Waals surface area (Å²) in [6.45, 7) is 3.56. The Morgan fingerprint density at radius 3 is 3.12 bits per heavy atom. The maximum atomic E-state index is 12.6. The van der Waals surface area contributed by atoms with Crippen molar-refractivity contribution in [1.82, 2.24) is 30.6 Å². The van der Waals surface area contributed by atoms with E-state index < -0.39 is 0 Å². The van der Waals surface area contributed by atoms with Crippen LogP contribution in [0.5, 0.6) is 0 Å². The van der Waals surface area contributed by atoms with E-state index in [1.165, 1.54) is 0 Å². The number of carbonyl (C=O) groups excluding carboxylic acids is 1. The van der Waals surface area contributed by atoms with Gasteiger partial charge in [0.05, 0.1) is 11.7 Å². The molecule has 0 aliphatic carbocycles. The summed E-state index contributed by atoms with van der Waals surface area (Å²) in [6, 6.07) is 9.73. The standard InChI is InChI=1S/C18H20N6O/c1-12(13-4-2-5-14(10-13)24-9-3-7-20-24)21-18(25)17-15-11-19-8-6-16(15)22-23-17/h2-5,7,9-10,12,19H,6,8,11H2,1H3,(H,21,25)(H,22,23). The first-order valence-corrected chi connectivity index (χ1v) is 8.40.